The molecule has 0 spiro atoms. The van der Waals surface area contributed by atoms with Gasteiger partial charge < -0.3 is 15.3 Å². The van der Waals surface area contributed by atoms with E-state index in [1.807, 2.05) is 11.8 Å². The number of hydrogen-bond acceptors (Lipinski definition) is 6. The number of hydrogen-bond donors (Lipinski definition) is 2. The number of aliphatic hydroxyl groups excluding tert-OH is 1. The van der Waals surface area contributed by atoms with Gasteiger partial charge in [0.15, 0.2) is 0 Å². The van der Waals surface area contributed by atoms with Crippen LogP contribution in [0.5, 0.6) is 0 Å². The molecule has 1 amide bonds. The zero-order valence-corrected chi connectivity index (χ0v) is 13.1. The number of amides is 1. The number of aromatic nitrogens is 2. The Morgan fingerprint density at radius 1 is 1.32 bits per heavy atom. The van der Waals surface area contributed by atoms with Crippen molar-refractivity contribution in [2.45, 2.75) is 25.9 Å². The molecule has 1 saturated heterocycles. The zero-order valence-electron chi connectivity index (χ0n) is 13.1. The summed E-state index contributed by atoms with van der Waals surface area (Å²) in [5.41, 5.74) is 0. The van der Waals surface area contributed by atoms with Gasteiger partial charge in [0.05, 0.1) is 6.10 Å². The van der Waals surface area contributed by atoms with E-state index in [9.17, 15) is 9.90 Å². The number of β-amino-alcohol motifs (C(OH)–C–C–N with tert-alkyl or cyclic N) is 1. The second-order valence-corrected chi connectivity index (χ2v) is 5.49. The molecule has 1 fully saturated rings. The van der Waals surface area contributed by atoms with Crippen LogP contribution in [0.3, 0.4) is 0 Å². The van der Waals surface area contributed by atoms with E-state index in [0.717, 1.165) is 32.6 Å². The Hall–Kier alpha value is -1.73. The fourth-order valence-electron chi connectivity index (χ4n) is 2.44. The summed E-state index contributed by atoms with van der Waals surface area (Å²) in [6.07, 6.45) is 4.28. The lowest BCUT2D eigenvalue weighted by molar-refractivity contribution is -0.132. The Balaban J connectivity index is 1.65. The van der Waals surface area contributed by atoms with Gasteiger partial charge in [0.1, 0.15) is 0 Å². The molecule has 22 heavy (non-hydrogen) atoms. The summed E-state index contributed by atoms with van der Waals surface area (Å²) in [4.78, 5) is 24.4. The lowest BCUT2D eigenvalue weighted by atomic mass is 10.2. The van der Waals surface area contributed by atoms with Crippen molar-refractivity contribution in [3.05, 3.63) is 18.5 Å². The molecule has 0 radical (unpaired) electrons. The van der Waals surface area contributed by atoms with Gasteiger partial charge in [0.2, 0.25) is 11.9 Å². The van der Waals surface area contributed by atoms with E-state index in [1.165, 1.54) is 0 Å². The minimum atomic E-state index is -0.266. The maximum absolute atomic E-state index is 12.2. The van der Waals surface area contributed by atoms with Crippen LogP contribution in [-0.2, 0) is 4.79 Å². The lowest BCUT2D eigenvalue weighted by Crippen LogP contribution is -2.50. The van der Waals surface area contributed by atoms with Crippen LogP contribution in [0.2, 0.25) is 0 Å². The van der Waals surface area contributed by atoms with Crippen molar-refractivity contribution in [2.24, 2.45) is 0 Å². The third-order valence-corrected chi connectivity index (χ3v) is 3.85. The number of carbonyl (C=O) groups is 1. The van der Waals surface area contributed by atoms with Crippen molar-refractivity contribution in [1.82, 2.24) is 19.8 Å². The smallest absolute Gasteiger partial charge is 0.224 e. The highest BCUT2D eigenvalue weighted by molar-refractivity contribution is 5.76. The van der Waals surface area contributed by atoms with Crippen LogP contribution in [0.1, 0.15) is 19.8 Å². The maximum atomic E-state index is 12.2. The lowest BCUT2D eigenvalue weighted by Gasteiger charge is -2.35. The SMILES string of the molecule is CCC(O)CN1CCN(C(=O)CCNc2ncccn2)CC1. The van der Waals surface area contributed by atoms with Gasteiger partial charge in [-0.05, 0) is 12.5 Å². The quantitative estimate of drug-likeness (QED) is 0.748. The summed E-state index contributed by atoms with van der Waals surface area (Å²) in [5, 5.41) is 12.7. The second kappa shape index (κ2) is 8.65. The van der Waals surface area contributed by atoms with Gasteiger partial charge in [-0.3, -0.25) is 9.69 Å². The fraction of sp³-hybridized carbons (Fsp3) is 0.667. The summed E-state index contributed by atoms with van der Waals surface area (Å²) in [6, 6.07) is 1.76. The molecule has 2 N–H and O–H groups in total. The first-order valence-electron chi connectivity index (χ1n) is 7.88. The van der Waals surface area contributed by atoms with Crippen molar-refractivity contribution in [1.29, 1.82) is 0 Å². The van der Waals surface area contributed by atoms with Crippen molar-refractivity contribution in [2.75, 3.05) is 44.6 Å². The average molecular weight is 307 g/mol. The molecule has 2 heterocycles. The Labute approximate surface area is 131 Å². The Morgan fingerprint density at radius 2 is 2.00 bits per heavy atom. The molecular weight excluding hydrogens is 282 g/mol. The highest BCUT2D eigenvalue weighted by Crippen LogP contribution is 2.06. The van der Waals surface area contributed by atoms with E-state index in [2.05, 4.69) is 20.2 Å². The molecule has 0 aliphatic carbocycles. The van der Waals surface area contributed by atoms with E-state index in [4.69, 9.17) is 0 Å². The molecule has 2 rings (SSSR count). The van der Waals surface area contributed by atoms with Crippen LogP contribution in [0, 0.1) is 0 Å². The minimum Gasteiger partial charge on any atom is -0.392 e. The standard InChI is InChI=1S/C15H25N5O2/c1-2-13(21)12-19-8-10-20(11-9-19)14(22)4-7-18-15-16-5-3-6-17-15/h3,5-6,13,21H,2,4,7-12H2,1H3,(H,16,17,18). The molecule has 0 saturated carbocycles. The van der Waals surface area contributed by atoms with E-state index >= 15 is 0 Å². The molecule has 122 valence electrons. The van der Waals surface area contributed by atoms with Gasteiger partial charge in [0.25, 0.3) is 0 Å². The Kier molecular flexibility index (Phi) is 6.54. The summed E-state index contributed by atoms with van der Waals surface area (Å²) in [6.45, 7) is 6.35. The fourth-order valence-corrected chi connectivity index (χ4v) is 2.44. The van der Waals surface area contributed by atoms with Crippen LogP contribution in [0.25, 0.3) is 0 Å². The summed E-state index contributed by atoms with van der Waals surface area (Å²) >= 11 is 0. The number of nitrogens with one attached hydrogen (secondary N) is 1. The maximum Gasteiger partial charge on any atom is 0.224 e. The zero-order chi connectivity index (χ0) is 15.8. The first kappa shape index (κ1) is 16.6. The first-order chi connectivity index (χ1) is 10.7. The van der Waals surface area contributed by atoms with Crippen LogP contribution < -0.4 is 5.32 Å². The van der Waals surface area contributed by atoms with Crippen LogP contribution >= 0.6 is 0 Å². The van der Waals surface area contributed by atoms with Gasteiger partial charge in [0, 0.05) is 58.1 Å². The predicted octanol–water partition coefficient (Wildman–Crippen LogP) is 0.194. The largest absolute Gasteiger partial charge is 0.392 e. The number of nitrogens with zero attached hydrogens (tertiary/aromatic N) is 4. The molecule has 1 unspecified atom stereocenters. The van der Waals surface area contributed by atoms with Crippen molar-refractivity contribution in [3.8, 4) is 0 Å². The molecule has 7 nitrogen and oxygen atoms in total. The first-order valence-corrected chi connectivity index (χ1v) is 7.88. The van der Waals surface area contributed by atoms with Gasteiger partial charge in [-0.25, -0.2) is 9.97 Å². The average Bonchev–Trinajstić information content (AvgIpc) is 2.56. The van der Waals surface area contributed by atoms with Gasteiger partial charge in [-0.15, -0.1) is 0 Å². The minimum absolute atomic E-state index is 0.152. The van der Waals surface area contributed by atoms with E-state index in [1.54, 1.807) is 18.5 Å². The highest BCUT2D eigenvalue weighted by atomic mass is 16.3. The summed E-state index contributed by atoms with van der Waals surface area (Å²) in [7, 11) is 0. The van der Waals surface area contributed by atoms with Crippen molar-refractivity contribution >= 4 is 11.9 Å². The summed E-state index contributed by atoms with van der Waals surface area (Å²) < 4.78 is 0. The topological polar surface area (TPSA) is 81.6 Å². The number of anilines is 1. The molecule has 1 aromatic heterocycles. The number of carbonyl (C=O) groups excluding carboxylic acids is 1. The molecular formula is C15H25N5O2. The van der Waals surface area contributed by atoms with Gasteiger partial charge >= 0.3 is 0 Å². The molecule has 1 aromatic rings. The van der Waals surface area contributed by atoms with Crippen LogP contribution in [0.4, 0.5) is 5.95 Å². The third-order valence-electron chi connectivity index (χ3n) is 3.85. The van der Waals surface area contributed by atoms with Crippen molar-refractivity contribution in [3.63, 3.8) is 0 Å². The van der Waals surface area contributed by atoms with Crippen LogP contribution in [0.15, 0.2) is 18.5 Å². The molecule has 7 heteroatoms. The molecule has 1 aliphatic heterocycles. The van der Waals surface area contributed by atoms with Gasteiger partial charge in [-0.2, -0.15) is 0 Å². The molecule has 1 atom stereocenters. The monoisotopic (exact) mass is 307 g/mol. The van der Waals surface area contributed by atoms with Gasteiger partial charge in [-0.1, -0.05) is 6.92 Å². The highest BCUT2D eigenvalue weighted by Gasteiger charge is 2.21. The predicted molar refractivity (Wildman–Crippen MR) is 84.5 cm³/mol. The van der Waals surface area contributed by atoms with E-state index in [-0.39, 0.29) is 12.0 Å². The number of aliphatic hydroxyl groups is 1. The normalized spacial score (nSPS) is 17.3. The molecule has 0 aromatic carbocycles. The third kappa shape index (κ3) is 5.23. The van der Waals surface area contributed by atoms with Crippen molar-refractivity contribution < 1.29 is 9.90 Å². The van der Waals surface area contributed by atoms with E-state index < -0.39 is 0 Å². The Morgan fingerprint density at radius 3 is 2.64 bits per heavy atom. The number of piperazine rings is 1. The van der Waals surface area contributed by atoms with E-state index in [0.29, 0.717) is 25.5 Å². The van der Waals surface area contributed by atoms with Crippen LogP contribution in [-0.4, -0.2) is 76.2 Å². The summed E-state index contributed by atoms with van der Waals surface area (Å²) in [5.74, 6) is 0.702. The second-order valence-electron chi connectivity index (χ2n) is 5.49. The molecule has 0 bridgehead atoms. The number of rotatable bonds is 7. The Bertz CT molecular complexity index is 449. The molecule has 1 aliphatic rings.